The van der Waals surface area contributed by atoms with E-state index in [0.717, 1.165) is 0 Å². The number of aromatic nitrogens is 2. The first-order valence-corrected chi connectivity index (χ1v) is 4.84. The van der Waals surface area contributed by atoms with Crippen molar-refractivity contribution in [2.24, 2.45) is 0 Å². The van der Waals surface area contributed by atoms with Gasteiger partial charge in [0.05, 0.1) is 0 Å². The van der Waals surface area contributed by atoms with Crippen molar-refractivity contribution >= 4 is 17.7 Å². The molecule has 0 fully saturated rings. The van der Waals surface area contributed by atoms with Crippen LogP contribution in [0.1, 0.15) is 10.6 Å². The predicted molar refractivity (Wildman–Crippen MR) is 51.8 cm³/mol. The van der Waals surface area contributed by atoms with Crippen molar-refractivity contribution in [3.05, 3.63) is 36.5 Å². The van der Waals surface area contributed by atoms with Gasteiger partial charge in [0.2, 0.25) is 5.76 Å². The molecule has 0 spiro atoms. The summed E-state index contributed by atoms with van der Waals surface area (Å²) in [6.07, 6.45) is 3.03. The van der Waals surface area contributed by atoms with Gasteiger partial charge in [-0.3, -0.25) is 0 Å². The molecule has 0 saturated heterocycles. The summed E-state index contributed by atoms with van der Waals surface area (Å²) in [6, 6.07) is 4.72. The van der Waals surface area contributed by atoms with Crippen LogP contribution in [0, 0.1) is 0 Å². The summed E-state index contributed by atoms with van der Waals surface area (Å²) in [7, 11) is 0. The average molecular weight is 222 g/mol. The quantitative estimate of drug-likeness (QED) is 0.799. The number of carboxylic acids is 1. The third-order valence-electron chi connectivity index (χ3n) is 1.55. The number of hydrogen-bond donors (Lipinski definition) is 1. The molecule has 0 bridgehead atoms. The first kappa shape index (κ1) is 9.72. The summed E-state index contributed by atoms with van der Waals surface area (Å²) >= 11 is 1.24. The molecular formula is C9H6N2O3S. The fourth-order valence-corrected chi connectivity index (χ4v) is 1.63. The van der Waals surface area contributed by atoms with Crippen LogP contribution in [0.25, 0.3) is 0 Å². The van der Waals surface area contributed by atoms with Crippen LogP contribution in [0.5, 0.6) is 0 Å². The minimum absolute atomic E-state index is 0.0773. The number of nitrogens with zero attached hydrogens (tertiary/aromatic N) is 2. The van der Waals surface area contributed by atoms with E-state index in [1.807, 2.05) is 0 Å². The summed E-state index contributed by atoms with van der Waals surface area (Å²) in [5, 5.41) is 9.83. The van der Waals surface area contributed by atoms with Gasteiger partial charge in [0.25, 0.3) is 0 Å². The minimum Gasteiger partial charge on any atom is -0.475 e. The van der Waals surface area contributed by atoms with Crippen molar-refractivity contribution in [2.75, 3.05) is 0 Å². The van der Waals surface area contributed by atoms with Crippen LogP contribution in [-0.4, -0.2) is 21.0 Å². The van der Waals surface area contributed by atoms with Crippen molar-refractivity contribution in [2.45, 2.75) is 10.1 Å². The zero-order valence-corrected chi connectivity index (χ0v) is 8.27. The Kier molecular flexibility index (Phi) is 2.68. The maximum atomic E-state index is 10.5. The van der Waals surface area contributed by atoms with E-state index in [9.17, 15) is 4.79 Å². The highest BCUT2D eigenvalue weighted by Gasteiger charge is 2.09. The van der Waals surface area contributed by atoms with Gasteiger partial charge in [0.15, 0.2) is 5.09 Å². The van der Waals surface area contributed by atoms with Gasteiger partial charge >= 0.3 is 5.97 Å². The van der Waals surface area contributed by atoms with Crippen LogP contribution in [0.3, 0.4) is 0 Å². The fourth-order valence-electron chi connectivity index (χ4n) is 0.932. The Morgan fingerprint density at radius 1 is 1.40 bits per heavy atom. The molecule has 5 nitrogen and oxygen atoms in total. The smallest absolute Gasteiger partial charge is 0.371 e. The maximum Gasteiger partial charge on any atom is 0.371 e. The zero-order valence-electron chi connectivity index (χ0n) is 7.45. The van der Waals surface area contributed by atoms with Gasteiger partial charge in [-0.2, -0.15) is 0 Å². The van der Waals surface area contributed by atoms with Crippen LogP contribution >= 0.6 is 11.8 Å². The maximum absolute atomic E-state index is 10.5. The number of rotatable bonds is 3. The second-order valence-corrected chi connectivity index (χ2v) is 3.60. The van der Waals surface area contributed by atoms with E-state index in [0.29, 0.717) is 10.1 Å². The topological polar surface area (TPSA) is 76.2 Å². The van der Waals surface area contributed by atoms with Crippen LogP contribution < -0.4 is 0 Å². The first-order chi connectivity index (χ1) is 7.25. The van der Waals surface area contributed by atoms with Gasteiger partial charge in [-0.05, 0) is 30.0 Å². The average Bonchev–Trinajstić information content (AvgIpc) is 2.68. The van der Waals surface area contributed by atoms with Crippen molar-refractivity contribution in [3.8, 4) is 0 Å². The fraction of sp³-hybridized carbons (Fsp3) is 0. The number of carboxylic acid groups (broad SMARTS) is 1. The molecule has 2 aromatic heterocycles. The molecule has 0 saturated carbocycles. The highest BCUT2D eigenvalue weighted by molar-refractivity contribution is 7.99. The van der Waals surface area contributed by atoms with Gasteiger partial charge in [0.1, 0.15) is 11.4 Å². The molecule has 0 aliphatic heterocycles. The molecule has 76 valence electrons. The van der Waals surface area contributed by atoms with Crippen LogP contribution in [0.2, 0.25) is 0 Å². The second kappa shape index (κ2) is 4.14. The molecule has 0 unspecified atom stereocenters. The molecule has 0 atom stereocenters. The lowest BCUT2D eigenvalue weighted by molar-refractivity contribution is 0.0656. The second-order valence-electron chi connectivity index (χ2n) is 2.57. The highest BCUT2D eigenvalue weighted by atomic mass is 32.2. The van der Waals surface area contributed by atoms with Gasteiger partial charge in [-0.1, -0.05) is 0 Å². The highest BCUT2D eigenvalue weighted by Crippen LogP contribution is 2.26. The van der Waals surface area contributed by atoms with Crippen molar-refractivity contribution in [3.63, 3.8) is 0 Å². The van der Waals surface area contributed by atoms with Crippen molar-refractivity contribution in [1.29, 1.82) is 0 Å². The lowest BCUT2D eigenvalue weighted by Gasteiger charge is -1.94. The van der Waals surface area contributed by atoms with E-state index in [1.54, 1.807) is 18.3 Å². The minimum atomic E-state index is -1.08. The summed E-state index contributed by atoms with van der Waals surface area (Å²) in [5.41, 5.74) is 0. The van der Waals surface area contributed by atoms with E-state index < -0.39 is 5.97 Å². The Bertz CT molecular complexity index is 469. The van der Waals surface area contributed by atoms with E-state index in [2.05, 4.69) is 9.97 Å². The third kappa shape index (κ3) is 2.35. The SMILES string of the molecule is O=C(O)c1ccc(Sc2ccncn2)o1. The molecule has 0 aromatic carbocycles. The van der Waals surface area contributed by atoms with Gasteiger partial charge in [0, 0.05) is 6.20 Å². The molecule has 0 aliphatic carbocycles. The normalized spacial score (nSPS) is 10.1. The number of furan rings is 1. The molecular weight excluding hydrogens is 216 g/mol. The van der Waals surface area contributed by atoms with Gasteiger partial charge in [-0.15, -0.1) is 0 Å². The van der Waals surface area contributed by atoms with Crippen molar-refractivity contribution in [1.82, 2.24) is 9.97 Å². The Balaban J connectivity index is 2.15. The number of carbonyl (C=O) groups is 1. The largest absolute Gasteiger partial charge is 0.475 e. The molecule has 2 aromatic rings. The standard InChI is InChI=1S/C9H6N2O3S/c12-9(13)6-1-2-8(14-6)15-7-3-4-10-5-11-7/h1-5H,(H,12,13). The summed E-state index contributed by atoms with van der Waals surface area (Å²) in [6.45, 7) is 0. The zero-order chi connectivity index (χ0) is 10.7. The molecule has 2 heterocycles. The van der Waals surface area contributed by atoms with Crippen LogP contribution in [-0.2, 0) is 0 Å². The third-order valence-corrected chi connectivity index (χ3v) is 2.42. The van der Waals surface area contributed by atoms with E-state index in [-0.39, 0.29) is 5.76 Å². The summed E-state index contributed by atoms with van der Waals surface area (Å²) in [4.78, 5) is 18.3. The molecule has 15 heavy (non-hydrogen) atoms. The molecule has 0 radical (unpaired) electrons. The molecule has 1 N–H and O–H groups in total. The van der Waals surface area contributed by atoms with Crippen LogP contribution in [0.15, 0.2) is 45.3 Å². The van der Waals surface area contributed by atoms with E-state index in [4.69, 9.17) is 9.52 Å². The first-order valence-electron chi connectivity index (χ1n) is 4.03. The monoisotopic (exact) mass is 222 g/mol. The molecule has 0 aliphatic rings. The predicted octanol–water partition coefficient (Wildman–Crippen LogP) is 1.92. The number of hydrogen-bond acceptors (Lipinski definition) is 5. The van der Waals surface area contributed by atoms with Crippen molar-refractivity contribution < 1.29 is 14.3 Å². The summed E-state index contributed by atoms with van der Waals surface area (Å²) in [5.74, 6) is -1.16. The molecule has 2 rings (SSSR count). The Hall–Kier alpha value is -1.82. The molecule has 6 heteroatoms. The van der Waals surface area contributed by atoms with E-state index in [1.165, 1.54) is 24.2 Å². The Labute approximate surface area is 89.2 Å². The Morgan fingerprint density at radius 2 is 2.27 bits per heavy atom. The summed E-state index contributed by atoms with van der Waals surface area (Å²) < 4.78 is 5.05. The van der Waals surface area contributed by atoms with Gasteiger partial charge < -0.3 is 9.52 Å². The lowest BCUT2D eigenvalue weighted by atomic mass is 10.5. The van der Waals surface area contributed by atoms with Gasteiger partial charge in [-0.25, -0.2) is 14.8 Å². The van der Waals surface area contributed by atoms with Crippen LogP contribution in [0.4, 0.5) is 0 Å². The lowest BCUT2D eigenvalue weighted by Crippen LogP contribution is -1.91. The van der Waals surface area contributed by atoms with E-state index >= 15 is 0 Å². The Morgan fingerprint density at radius 3 is 2.87 bits per heavy atom. The molecule has 0 amide bonds. The number of aromatic carboxylic acids is 1.